The molecule has 0 radical (unpaired) electrons. The summed E-state index contributed by atoms with van der Waals surface area (Å²) in [5, 5.41) is 6.90. The van der Waals surface area contributed by atoms with Gasteiger partial charge in [-0.1, -0.05) is 27.7 Å². The van der Waals surface area contributed by atoms with Crippen LogP contribution in [0.5, 0.6) is 0 Å². The van der Waals surface area contributed by atoms with Gasteiger partial charge in [0.1, 0.15) is 0 Å². The second kappa shape index (κ2) is 8.14. The average molecular weight is 312 g/mol. The summed E-state index contributed by atoms with van der Waals surface area (Å²) in [6.45, 7) is 17.6. The molecule has 0 atom stereocenters. The summed E-state index contributed by atoms with van der Waals surface area (Å²) in [6.07, 6.45) is 2.36. The van der Waals surface area contributed by atoms with Crippen LogP contribution in [0.15, 0.2) is 5.38 Å². The number of aromatic nitrogens is 1. The predicted octanol–water partition coefficient (Wildman–Crippen LogP) is 4.68. The third-order valence-electron chi connectivity index (χ3n) is 3.53. The summed E-state index contributed by atoms with van der Waals surface area (Å²) < 4.78 is 0. The van der Waals surface area contributed by atoms with Gasteiger partial charge in [-0.25, -0.2) is 4.98 Å². The van der Waals surface area contributed by atoms with Crippen LogP contribution in [-0.4, -0.2) is 23.1 Å². The van der Waals surface area contributed by atoms with Gasteiger partial charge < -0.3 is 10.2 Å². The van der Waals surface area contributed by atoms with E-state index in [1.165, 1.54) is 18.0 Å². The maximum Gasteiger partial charge on any atom is 0.185 e. The molecule has 0 spiro atoms. The SMILES string of the molecule is CCC(CC)N(CC(C)C)c1nc(CNC(C)(C)C)cs1. The number of hydrogen-bond donors (Lipinski definition) is 1. The Morgan fingerprint density at radius 2 is 1.86 bits per heavy atom. The fourth-order valence-corrected chi connectivity index (χ4v) is 3.28. The highest BCUT2D eigenvalue weighted by Crippen LogP contribution is 2.26. The van der Waals surface area contributed by atoms with Gasteiger partial charge in [-0.3, -0.25) is 0 Å². The first-order chi connectivity index (χ1) is 9.76. The van der Waals surface area contributed by atoms with Crippen LogP contribution in [0.2, 0.25) is 0 Å². The van der Waals surface area contributed by atoms with Crippen LogP contribution in [0.1, 0.15) is 67.0 Å². The lowest BCUT2D eigenvalue weighted by Crippen LogP contribution is -2.37. The molecule has 1 aromatic rings. The first-order valence-corrected chi connectivity index (χ1v) is 9.10. The molecule has 1 N–H and O–H groups in total. The molecule has 0 aliphatic rings. The number of nitrogens with one attached hydrogen (secondary N) is 1. The van der Waals surface area contributed by atoms with Crippen LogP contribution in [0, 0.1) is 5.92 Å². The molecule has 122 valence electrons. The zero-order valence-electron chi connectivity index (χ0n) is 14.9. The Balaban J connectivity index is 2.81. The van der Waals surface area contributed by atoms with Crippen LogP contribution in [0.4, 0.5) is 5.13 Å². The van der Waals surface area contributed by atoms with Crippen LogP contribution in [0.25, 0.3) is 0 Å². The Hall–Kier alpha value is -0.610. The molecule has 1 aromatic heterocycles. The molecule has 0 aliphatic heterocycles. The van der Waals surface area contributed by atoms with E-state index < -0.39 is 0 Å². The third kappa shape index (κ3) is 6.35. The molecule has 0 aliphatic carbocycles. The summed E-state index contributed by atoms with van der Waals surface area (Å²) in [5.74, 6) is 0.658. The molecular weight excluding hydrogens is 278 g/mol. The van der Waals surface area contributed by atoms with Crippen molar-refractivity contribution >= 4 is 16.5 Å². The van der Waals surface area contributed by atoms with Gasteiger partial charge in [0, 0.05) is 30.1 Å². The largest absolute Gasteiger partial charge is 0.345 e. The monoisotopic (exact) mass is 311 g/mol. The summed E-state index contributed by atoms with van der Waals surface area (Å²) in [7, 11) is 0. The Labute approximate surface area is 135 Å². The van der Waals surface area contributed by atoms with E-state index in [0.717, 1.165) is 18.8 Å². The quantitative estimate of drug-likeness (QED) is 0.755. The first kappa shape index (κ1) is 18.4. The second-order valence-electron chi connectivity index (χ2n) is 7.24. The molecule has 21 heavy (non-hydrogen) atoms. The van der Waals surface area contributed by atoms with E-state index in [0.29, 0.717) is 12.0 Å². The molecule has 0 amide bonds. The minimum absolute atomic E-state index is 0.136. The van der Waals surface area contributed by atoms with Crippen molar-refractivity contribution in [1.82, 2.24) is 10.3 Å². The van der Waals surface area contributed by atoms with Gasteiger partial charge in [0.05, 0.1) is 5.69 Å². The summed E-state index contributed by atoms with van der Waals surface area (Å²) in [6, 6.07) is 0.599. The van der Waals surface area contributed by atoms with Crippen LogP contribution >= 0.6 is 11.3 Å². The molecule has 0 fully saturated rings. The highest BCUT2D eigenvalue weighted by Gasteiger charge is 2.20. The van der Waals surface area contributed by atoms with Crippen LogP contribution < -0.4 is 10.2 Å². The van der Waals surface area contributed by atoms with Crippen molar-refractivity contribution in [1.29, 1.82) is 0 Å². The zero-order valence-corrected chi connectivity index (χ0v) is 15.7. The lowest BCUT2D eigenvalue weighted by Gasteiger charge is -2.31. The Morgan fingerprint density at radius 1 is 1.24 bits per heavy atom. The van der Waals surface area contributed by atoms with Crippen molar-refractivity contribution in [2.24, 2.45) is 5.92 Å². The van der Waals surface area contributed by atoms with Gasteiger partial charge in [0.25, 0.3) is 0 Å². The van der Waals surface area contributed by atoms with E-state index in [1.54, 1.807) is 11.3 Å². The highest BCUT2D eigenvalue weighted by molar-refractivity contribution is 7.13. The standard InChI is InChI=1S/C17H33N3S/c1-8-15(9-2)20(11-13(3)4)16-19-14(12-21-16)10-18-17(5,6)7/h12-13,15,18H,8-11H2,1-7H3. The minimum atomic E-state index is 0.136. The van der Waals surface area contributed by atoms with E-state index in [1.807, 2.05) is 0 Å². The summed E-state index contributed by atoms with van der Waals surface area (Å²) >= 11 is 1.78. The minimum Gasteiger partial charge on any atom is -0.345 e. The maximum atomic E-state index is 4.87. The number of rotatable bonds is 8. The van der Waals surface area contributed by atoms with Gasteiger partial charge in [0.2, 0.25) is 0 Å². The number of hydrogen-bond acceptors (Lipinski definition) is 4. The maximum absolute atomic E-state index is 4.87. The lowest BCUT2D eigenvalue weighted by molar-refractivity contribution is 0.421. The molecule has 1 rings (SSSR count). The summed E-state index contributed by atoms with van der Waals surface area (Å²) in [5.41, 5.74) is 1.29. The van der Waals surface area contributed by atoms with Crippen molar-refractivity contribution in [2.75, 3.05) is 11.4 Å². The molecule has 0 unspecified atom stereocenters. The normalized spacial score (nSPS) is 12.4. The first-order valence-electron chi connectivity index (χ1n) is 8.22. The second-order valence-corrected chi connectivity index (χ2v) is 8.08. The van der Waals surface area contributed by atoms with Crippen LogP contribution in [0.3, 0.4) is 0 Å². The Bertz CT molecular complexity index is 402. The van der Waals surface area contributed by atoms with Gasteiger partial charge in [-0.15, -0.1) is 11.3 Å². The van der Waals surface area contributed by atoms with Crippen molar-refractivity contribution in [3.8, 4) is 0 Å². The highest BCUT2D eigenvalue weighted by atomic mass is 32.1. The van der Waals surface area contributed by atoms with Crippen molar-refractivity contribution in [2.45, 2.75) is 79.4 Å². The van der Waals surface area contributed by atoms with Gasteiger partial charge >= 0.3 is 0 Å². The molecular formula is C17H33N3S. The lowest BCUT2D eigenvalue weighted by atomic mass is 10.1. The van der Waals surface area contributed by atoms with Gasteiger partial charge in [-0.05, 0) is 39.5 Å². The third-order valence-corrected chi connectivity index (χ3v) is 4.46. The van der Waals surface area contributed by atoms with E-state index in [-0.39, 0.29) is 5.54 Å². The van der Waals surface area contributed by atoms with E-state index in [2.05, 4.69) is 64.1 Å². The fraction of sp³-hybridized carbons (Fsp3) is 0.824. The van der Waals surface area contributed by atoms with E-state index in [4.69, 9.17) is 4.98 Å². The van der Waals surface area contributed by atoms with Crippen LogP contribution in [-0.2, 0) is 6.54 Å². The number of anilines is 1. The smallest absolute Gasteiger partial charge is 0.185 e. The zero-order chi connectivity index (χ0) is 16.0. The van der Waals surface area contributed by atoms with E-state index in [9.17, 15) is 0 Å². The Morgan fingerprint density at radius 3 is 2.33 bits per heavy atom. The van der Waals surface area contributed by atoms with Crippen molar-refractivity contribution in [3.63, 3.8) is 0 Å². The molecule has 0 aromatic carbocycles. The van der Waals surface area contributed by atoms with Gasteiger partial charge in [-0.2, -0.15) is 0 Å². The Kier molecular flexibility index (Phi) is 7.14. The van der Waals surface area contributed by atoms with E-state index >= 15 is 0 Å². The molecule has 1 heterocycles. The molecule has 0 bridgehead atoms. The molecule has 0 saturated carbocycles. The summed E-state index contributed by atoms with van der Waals surface area (Å²) in [4.78, 5) is 7.38. The van der Waals surface area contributed by atoms with Crippen molar-refractivity contribution in [3.05, 3.63) is 11.1 Å². The molecule has 0 saturated heterocycles. The number of nitrogens with zero attached hydrogens (tertiary/aromatic N) is 2. The molecule has 3 nitrogen and oxygen atoms in total. The number of thiazole rings is 1. The fourth-order valence-electron chi connectivity index (χ4n) is 2.37. The molecule has 4 heteroatoms. The topological polar surface area (TPSA) is 28.2 Å². The van der Waals surface area contributed by atoms with Gasteiger partial charge in [0.15, 0.2) is 5.13 Å². The average Bonchev–Trinajstić information content (AvgIpc) is 2.84. The predicted molar refractivity (Wildman–Crippen MR) is 95.3 cm³/mol. The van der Waals surface area contributed by atoms with Crippen molar-refractivity contribution < 1.29 is 0 Å².